The Morgan fingerprint density at radius 3 is 2.39 bits per heavy atom. The summed E-state index contributed by atoms with van der Waals surface area (Å²) in [4.78, 5) is 19.4. The molecule has 1 aliphatic heterocycles. The molecule has 0 N–H and O–H groups in total. The fraction of sp³-hybridized carbons (Fsp3) is 0.550. The number of benzene rings is 1. The lowest BCUT2D eigenvalue weighted by Crippen LogP contribution is -2.40. The van der Waals surface area contributed by atoms with Crippen molar-refractivity contribution in [2.24, 2.45) is 11.4 Å². The Hall–Kier alpha value is -2.11. The van der Waals surface area contributed by atoms with E-state index in [4.69, 9.17) is 4.74 Å². The minimum atomic E-state index is -4.67. The molecule has 0 radical (unpaired) electrons. The van der Waals surface area contributed by atoms with Gasteiger partial charge >= 0.3 is 6.18 Å². The van der Waals surface area contributed by atoms with Gasteiger partial charge in [-0.1, -0.05) is 4.40 Å². The number of ether oxygens (including phenoxy) is 1. The summed E-state index contributed by atoms with van der Waals surface area (Å²) in [6.45, 7) is 8.55. The van der Waals surface area contributed by atoms with Crippen molar-refractivity contribution in [3.63, 3.8) is 0 Å². The standard InChI is InChI=1S/C20H25F3N4O3S/c1-12(25-31(29)19(2,3)4)14-10-13(20(21,22)23)11-15-16(14)24-18(26(5)17(15)28)27-6-8-30-9-7-27/h10-11H,6-9H2,1-5H3. The van der Waals surface area contributed by atoms with E-state index in [-0.39, 0.29) is 22.2 Å². The molecule has 0 bridgehead atoms. The normalized spacial score (nSPS) is 17.3. The molecule has 0 aliphatic carbocycles. The molecule has 170 valence electrons. The summed E-state index contributed by atoms with van der Waals surface area (Å²) in [7, 11) is 1.48. The minimum absolute atomic E-state index is 0.0367. The number of fused-ring (bicyclic) bond motifs is 1. The number of alkyl halides is 3. The van der Waals surface area contributed by atoms with Crippen molar-refractivity contribution in [2.45, 2.75) is 38.6 Å². The van der Waals surface area contributed by atoms with E-state index in [2.05, 4.69) is 9.38 Å². The van der Waals surface area contributed by atoms with Crippen LogP contribution in [-0.2, 0) is 29.3 Å². The maximum absolute atomic E-state index is 13.6. The highest BCUT2D eigenvalue weighted by Gasteiger charge is 2.33. The van der Waals surface area contributed by atoms with Gasteiger partial charge in [0.05, 0.1) is 35.4 Å². The molecular formula is C20H25F3N4O3S. The van der Waals surface area contributed by atoms with Crippen molar-refractivity contribution < 1.29 is 22.5 Å². The lowest BCUT2D eigenvalue weighted by Gasteiger charge is -2.29. The fourth-order valence-electron chi connectivity index (χ4n) is 3.16. The number of hydrogen-bond donors (Lipinski definition) is 0. The molecule has 1 saturated heterocycles. The second kappa shape index (κ2) is 8.44. The molecule has 3 rings (SSSR count). The molecule has 2 heterocycles. The van der Waals surface area contributed by atoms with E-state index >= 15 is 0 Å². The summed E-state index contributed by atoms with van der Waals surface area (Å²) in [6.07, 6.45) is -4.67. The first-order chi connectivity index (χ1) is 14.3. The highest BCUT2D eigenvalue weighted by molar-refractivity contribution is 7.91. The Balaban J connectivity index is 2.30. The molecule has 1 atom stereocenters. The predicted octanol–water partition coefficient (Wildman–Crippen LogP) is 3.06. The second-order valence-electron chi connectivity index (χ2n) is 8.33. The number of aromatic nitrogens is 2. The van der Waals surface area contributed by atoms with E-state index in [0.29, 0.717) is 32.3 Å². The quantitative estimate of drug-likeness (QED) is 0.522. The van der Waals surface area contributed by atoms with Crippen molar-refractivity contribution in [3.05, 3.63) is 33.6 Å². The first kappa shape index (κ1) is 23.6. The zero-order valence-electron chi connectivity index (χ0n) is 18.0. The summed E-state index contributed by atoms with van der Waals surface area (Å²) >= 11 is -1.69. The topological polar surface area (TPSA) is 82.8 Å². The van der Waals surface area contributed by atoms with Crippen molar-refractivity contribution in [1.29, 1.82) is 0 Å². The third-order valence-corrected chi connectivity index (χ3v) is 6.40. The van der Waals surface area contributed by atoms with E-state index in [1.54, 1.807) is 20.8 Å². The van der Waals surface area contributed by atoms with Gasteiger partial charge < -0.3 is 14.2 Å². The van der Waals surface area contributed by atoms with Gasteiger partial charge in [-0.3, -0.25) is 9.36 Å². The zero-order chi connectivity index (χ0) is 23.1. The molecule has 31 heavy (non-hydrogen) atoms. The minimum Gasteiger partial charge on any atom is -0.591 e. The number of halogens is 3. The van der Waals surface area contributed by atoms with E-state index in [0.717, 1.165) is 12.1 Å². The third kappa shape index (κ3) is 4.88. The Morgan fingerprint density at radius 1 is 1.23 bits per heavy atom. The van der Waals surface area contributed by atoms with Crippen LogP contribution in [0.15, 0.2) is 21.3 Å². The van der Waals surface area contributed by atoms with Gasteiger partial charge in [-0.25, -0.2) is 4.98 Å². The number of nitrogens with zero attached hydrogens (tertiary/aromatic N) is 4. The first-order valence-corrected chi connectivity index (χ1v) is 10.8. The van der Waals surface area contributed by atoms with Gasteiger partial charge in [-0.15, -0.1) is 0 Å². The number of rotatable bonds is 3. The van der Waals surface area contributed by atoms with Crippen LogP contribution in [0.3, 0.4) is 0 Å². The smallest absolute Gasteiger partial charge is 0.416 e. The lowest BCUT2D eigenvalue weighted by molar-refractivity contribution is -0.137. The van der Waals surface area contributed by atoms with Crippen LogP contribution in [0.4, 0.5) is 19.1 Å². The van der Waals surface area contributed by atoms with Crippen LogP contribution in [0, 0.1) is 0 Å². The summed E-state index contributed by atoms with van der Waals surface area (Å²) < 4.78 is 63.2. The van der Waals surface area contributed by atoms with Gasteiger partial charge in [-0.2, -0.15) is 13.2 Å². The Labute approximate surface area is 181 Å². The van der Waals surface area contributed by atoms with E-state index in [1.807, 2.05) is 4.90 Å². The van der Waals surface area contributed by atoms with Crippen molar-refractivity contribution in [3.8, 4) is 0 Å². The summed E-state index contributed by atoms with van der Waals surface area (Å²) in [6, 6.07) is 1.72. The van der Waals surface area contributed by atoms with E-state index in [1.165, 1.54) is 18.5 Å². The second-order valence-corrected chi connectivity index (χ2v) is 10.2. The van der Waals surface area contributed by atoms with Gasteiger partial charge in [0.1, 0.15) is 16.1 Å². The Bertz CT molecular complexity index is 1070. The maximum Gasteiger partial charge on any atom is 0.416 e. The average molecular weight is 459 g/mol. The van der Waals surface area contributed by atoms with Gasteiger partial charge in [0.25, 0.3) is 5.56 Å². The predicted molar refractivity (Wildman–Crippen MR) is 115 cm³/mol. The fourth-order valence-corrected chi connectivity index (χ4v) is 3.78. The summed E-state index contributed by atoms with van der Waals surface area (Å²) in [5.41, 5.74) is -1.31. The van der Waals surface area contributed by atoms with Crippen LogP contribution >= 0.6 is 0 Å². The van der Waals surface area contributed by atoms with Crippen molar-refractivity contribution >= 4 is 33.9 Å². The molecule has 1 unspecified atom stereocenters. The maximum atomic E-state index is 13.6. The van der Waals surface area contributed by atoms with Crippen molar-refractivity contribution in [1.82, 2.24) is 9.55 Å². The molecule has 1 aromatic carbocycles. The largest absolute Gasteiger partial charge is 0.591 e. The summed E-state index contributed by atoms with van der Waals surface area (Å²) in [5, 5.41) is -0.166. The highest BCUT2D eigenvalue weighted by atomic mass is 32.2. The zero-order valence-corrected chi connectivity index (χ0v) is 18.9. The van der Waals surface area contributed by atoms with Crippen LogP contribution in [-0.4, -0.2) is 50.9 Å². The van der Waals surface area contributed by atoms with Crippen LogP contribution in [0.5, 0.6) is 0 Å². The first-order valence-electron chi connectivity index (χ1n) is 9.73. The molecule has 0 amide bonds. The molecule has 2 aromatic rings. The Morgan fingerprint density at radius 2 is 1.84 bits per heavy atom. The van der Waals surface area contributed by atoms with Crippen LogP contribution in [0.1, 0.15) is 38.8 Å². The van der Waals surface area contributed by atoms with Crippen molar-refractivity contribution in [2.75, 3.05) is 31.2 Å². The Kier molecular flexibility index (Phi) is 6.41. The third-order valence-electron chi connectivity index (χ3n) is 4.91. The SMILES string of the molecule is CC(=N[S+]([O-])C(C)(C)C)c1cc(C(F)(F)F)cc2c(=O)n(C)c(N3CCOCC3)nc12. The highest BCUT2D eigenvalue weighted by Crippen LogP contribution is 2.33. The van der Waals surface area contributed by atoms with Gasteiger partial charge in [0.2, 0.25) is 5.95 Å². The number of anilines is 1. The van der Waals surface area contributed by atoms with Gasteiger partial charge in [0.15, 0.2) is 0 Å². The monoisotopic (exact) mass is 458 g/mol. The van der Waals surface area contributed by atoms with Gasteiger partial charge in [0, 0.05) is 25.7 Å². The molecule has 1 aromatic heterocycles. The van der Waals surface area contributed by atoms with Crippen LogP contribution in [0.25, 0.3) is 10.9 Å². The molecule has 0 saturated carbocycles. The molecule has 1 aliphatic rings. The number of hydrogen-bond acceptors (Lipinski definition) is 6. The van der Waals surface area contributed by atoms with Gasteiger partial charge in [-0.05, 0) is 39.8 Å². The molecular weight excluding hydrogens is 433 g/mol. The van der Waals surface area contributed by atoms with Crippen LogP contribution in [0.2, 0.25) is 0 Å². The molecule has 1 fully saturated rings. The summed E-state index contributed by atoms with van der Waals surface area (Å²) in [5.74, 6) is 0.339. The molecule has 0 spiro atoms. The molecule has 7 nitrogen and oxygen atoms in total. The lowest BCUT2D eigenvalue weighted by atomic mass is 10.0. The molecule has 11 heteroatoms. The average Bonchev–Trinajstić information content (AvgIpc) is 2.69. The van der Waals surface area contributed by atoms with Crippen LogP contribution < -0.4 is 10.5 Å². The van der Waals surface area contributed by atoms with E-state index in [9.17, 15) is 22.5 Å². The number of morpholine rings is 1. The van der Waals surface area contributed by atoms with E-state index < -0.39 is 33.4 Å².